The lowest BCUT2D eigenvalue weighted by Gasteiger charge is -2.22. The van der Waals surface area contributed by atoms with Crippen molar-refractivity contribution in [2.24, 2.45) is 0 Å². The van der Waals surface area contributed by atoms with E-state index in [-0.39, 0.29) is 6.04 Å². The fourth-order valence-corrected chi connectivity index (χ4v) is 2.48. The number of benzene rings is 1. The topological polar surface area (TPSA) is 40.5 Å². The van der Waals surface area contributed by atoms with Crippen LogP contribution in [0.15, 0.2) is 18.2 Å². The number of carboxylic acids is 1. The first-order valence-electron chi connectivity index (χ1n) is 6.11. The summed E-state index contributed by atoms with van der Waals surface area (Å²) >= 11 is 0. The smallest absolute Gasteiger partial charge is 0.320 e. The molecule has 0 radical (unpaired) electrons. The van der Waals surface area contributed by atoms with Crippen LogP contribution in [0.4, 0.5) is 0 Å². The summed E-state index contributed by atoms with van der Waals surface area (Å²) < 4.78 is 0. The van der Waals surface area contributed by atoms with Crippen molar-refractivity contribution in [2.45, 2.75) is 39.3 Å². The van der Waals surface area contributed by atoms with Crippen LogP contribution in [0.2, 0.25) is 0 Å². The molecule has 0 aliphatic carbocycles. The Morgan fingerprint density at radius 3 is 2.94 bits per heavy atom. The van der Waals surface area contributed by atoms with E-state index in [0.717, 1.165) is 25.9 Å². The monoisotopic (exact) mass is 233 g/mol. The third kappa shape index (κ3) is 2.67. The SMILES string of the molecule is Cc1ccc(C)c(CN2CCC[C@@H]2C(=O)O)c1. The zero-order valence-electron chi connectivity index (χ0n) is 10.4. The molecule has 17 heavy (non-hydrogen) atoms. The number of aryl methyl sites for hydroxylation is 2. The molecule has 0 spiro atoms. The van der Waals surface area contributed by atoms with Gasteiger partial charge in [-0.25, -0.2) is 0 Å². The van der Waals surface area contributed by atoms with Crippen molar-refractivity contribution in [1.29, 1.82) is 0 Å². The molecular formula is C14H19NO2. The summed E-state index contributed by atoms with van der Waals surface area (Å²) in [6.07, 6.45) is 1.77. The van der Waals surface area contributed by atoms with Crippen LogP contribution >= 0.6 is 0 Å². The van der Waals surface area contributed by atoms with Crippen LogP contribution < -0.4 is 0 Å². The molecule has 1 aliphatic rings. The largest absolute Gasteiger partial charge is 0.480 e. The molecule has 0 amide bonds. The van der Waals surface area contributed by atoms with Crippen molar-refractivity contribution in [3.63, 3.8) is 0 Å². The number of hydrogen-bond acceptors (Lipinski definition) is 2. The number of likely N-dealkylation sites (tertiary alicyclic amines) is 1. The Bertz CT molecular complexity index is 428. The molecule has 1 saturated heterocycles. The molecule has 1 heterocycles. The average Bonchev–Trinajstić information content (AvgIpc) is 2.71. The number of aliphatic carboxylic acids is 1. The minimum Gasteiger partial charge on any atom is -0.480 e. The number of carboxylic acid groups (broad SMARTS) is 1. The van der Waals surface area contributed by atoms with Crippen molar-refractivity contribution in [3.05, 3.63) is 34.9 Å². The lowest BCUT2D eigenvalue weighted by Crippen LogP contribution is -2.35. The van der Waals surface area contributed by atoms with Gasteiger partial charge in [-0.3, -0.25) is 9.69 Å². The van der Waals surface area contributed by atoms with Crippen LogP contribution in [0.5, 0.6) is 0 Å². The van der Waals surface area contributed by atoms with E-state index in [9.17, 15) is 4.79 Å². The van der Waals surface area contributed by atoms with Gasteiger partial charge in [0.1, 0.15) is 6.04 Å². The third-order valence-electron chi connectivity index (χ3n) is 3.53. The number of hydrogen-bond donors (Lipinski definition) is 1. The molecule has 1 N–H and O–H groups in total. The van der Waals surface area contributed by atoms with Crippen molar-refractivity contribution >= 4 is 5.97 Å². The predicted octanol–water partition coefficient (Wildman–Crippen LogP) is 2.35. The molecule has 1 atom stereocenters. The van der Waals surface area contributed by atoms with Crippen LogP contribution in [0.25, 0.3) is 0 Å². The summed E-state index contributed by atoms with van der Waals surface area (Å²) in [6.45, 7) is 5.80. The van der Waals surface area contributed by atoms with E-state index in [4.69, 9.17) is 5.11 Å². The summed E-state index contributed by atoms with van der Waals surface area (Å²) in [7, 11) is 0. The van der Waals surface area contributed by atoms with Crippen molar-refractivity contribution < 1.29 is 9.90 Å². The van der Waals surface area contributed by atoms with Gasteiger partial charge >= 0.3 is 5.97 Å². The maximum Gasteiger partial charge on any atom is 0.320 e. The minimum atomic E-state index is -0.687. The molecule has 0 bridgehead atoms. The Balaban J connectivity index is 2.15. The van der Waals surface area contributed by atoms with E-state index < -0.39 is 5.97 Å². The molecule has 1 fully saturated rings. The van der Waals surface area contributed by atoms with Gasteiger partial charge in [-0.1, -0.05) is 23.8 Å². The van der Waals surface area contributed by atoms with Gasteiger partial charge < -0.3 is 5.11 Å². The van der Waals surface area contributed by atoms with Crippen LogP contribution in [0.3, 0.4) is 0 Å². The van der Waals surface area contributed by atoms with Gasteiger partial charge in [-0.15, -0.1) is 0 Å². The molecule has 1 aromatic carbocycles. The molecular weight excluding hydrogens is 214 g/mol. The number of nitrogens with zero attached hydrogens (tertiary/aromatic N) is 1. The Morgan fingerprint density at radius 1 is 1.47 bits per heavy atom. The molecule has 1 aliphatic heterocycles. The Hall–Kier alpha value is -1.35. The maximum atomic E-state index is 11.1. The Labute approximate surface area is 102 Å². The summed E-state index contributed by atoms with van der Waals surface area (Å²) in [5.74, 6) is -0.687. The molecule has 0 aromatic heterocycles. The van der Waals surface area contributed by atoms with Crippen LogP contribution in [-0.2, 0) is 11.3 Å². The molecule has 3 nitrogen and oxygen atoms in total. The highest BCUT2D eigenvalue weighted by molar-refractivity contribution is 5.73. The molecule has 2 rings (SSSR count). The summed E-state index contributed by atoms with van der Waals surface area (Å²) in [5, 5.41) is 9.14. The van der Waals surface area contributed by atoms with Gasteiger partial charge in [-0.2, -0.15) is 0 Å². The summed E-state index contributed by atoms with van der Waals surface area (Å²) in [4.78, 5) is 13.2. The molecule has 0 saturated carbocycles. The lowest BCUT2D eigenvalue weighted by molar-refractivity contribution is -0.142. The van der Waals surface area contributed by atoms with E-state index in [1.54, 1.807) is 0 Å². The second-order valence-corrected chi connectivity index (χ2v) is 4.90. The van der Waals surface area contributed by atoms with Crippen LogP contribution in [0.1, 0.15) is 29.5 Å². The molecule has 92 valence electrons. The highest BCUT2D eigenvalue weighted by Crippen LogP contribution is 2.22. The standard InChI is InChI=1S/C14H19NO2/c1-10-5-6-11(2)12(8-10)9-15-7-3-4-13(15)14(16)17/h5-6,8,13H,3-4,7,9H2,1-2H3,(H,16,17)/t13-/m1/s1. The number of carbonyl (C=O) groups is 1. The van der Waals surface area contributed by atoms with Gasteiger partial charge in [0.05, 0.1) is 0 Å². The highest BCUT2D eigenvalue weighted by Gasteiger charge is 2.30. The van der Waals surface area contributed by atoms with Gasteiger partial charge in [0.25, 0.3) is 0 Å². The van der Waals surface area contributed by atoms with Gasteiger partial charge in [0, 0.05) is 6.54 Å². The molecule has 3 heteroatoms. The van der Waals surface area contributed by atoms with Gasteiger partial charge in [0.15, 0.2) is 0 Å². The first-order chi connectivity index (χ1) is 8.08. The molecule has 1 aromatic rings. The zero-order chi connectivity index (χ0) is 12.4. The van der Waals surface area contributed by atoms with E-state index in [0.29, 0.717) is 0 Å². The fourth-order valence-electron chi connectivity index (χ4n) is 2.48. The highest BCUT2D eigenvalue weighted by atomic mass is 16.4. The van der Waals surface area contributed by atoms with Gasteiger partial charge in [0.2, 0.25) is 0 Å². The maximum absolute atomic E-state index is 11.1. The third-order valence-corrected chi connectivity index (χ3v) is 3.53. The quantitative estimate of drug-likeness (QED) is 0.871. The zero-order valence-corrected chi connectivity index (χ0v) is 10.4. The predicted molar refractivity (Wildman–Crippen MR) is 67.0 cm³/mol. The van der Waals surface area contributed by atoms with E-state index in [2.05, 4.69) is 36.9 Å². The molecule has 0 unspecified atom stereocenters. The summed E-state index contributed by atoms with van der Waals surface area (Å²) in [6, 6.07) is 6.07. The first kappa shape index (κ1) is 12.1. The fraction of sp³-hybridized carbons (Fsp3) is 0.500. The lowest BCUT2D eigenvalue weighted by atomic mass is 10.0. The normalized spacial score (nSPS) is 20.7. The van der Waals surface area contributed by atoms with Crippen LogP contribution in [0, 0.1) is 13.8 Å². The van der Waals surface area contributed by atoms with E-state index in [1.807, 2.05) is 0 Å². The Kier molecular flexibility index (Phi) is 3.48. The van der Waals surface area contributed by atoms with Crippen LogP contribution in [-0.4, -0.2) is 28.6 Å². The number of rotatable bonds is 3. The summed E-state index contributed by atoms with van der Waals surface area (Å²) in [5.41, 5.74) is 3.72. The Morgan fingerprint density at radius 2 is 2.24 bits per heavy atom. The minimum absolute atomic E-state index is 0.296. The average molecular weight is 233 g/mol. The van der Waals surface area contributed by atoms with Crippen molar-refractivity contribution in [1.82, 2.24) is 4.90 Å². The van der Waals surface area contributed by atoms with E-state index in [1.165, 1.54) is 16.7 Å². The second-order valence-electron chi connectivity index (χ2n) is 4.90. The van der Waals surface area contributed by atoms with Gasteiger partial charge in [-0.05, 0) is 44.4 Å². The second kappa shape index (κ2) is 4.88. The first-order valence-corrected chi connectivity index (χ1v) is 6.11. The van der Waals surface area contributed by atoms with E-state index >= 15 is 0 Å². The van der Waals surface area contributed by atoms with Crippen molar-refractivity contribution in [2.75, 3.05) is 6.54 Å². The van der Waals surface area contributed by atoms with Crippen molar-refractivity contribution in [3.8, 4) is 0 Å².